The molecule has 2 aromatic carbocycles. The fourth-order valence-electron chi connectivity index (χ4n) is 4.04. The van der Waals surface area contributed by atoms with Gasteiger partial charge in [-0.2, -0.15) is 20.4 Å². The Balaban J connectivity index is 1.90. The van der Waals surface area contributed by atoms with Crippen molar-refractivity contribution < 1.29 is 9.59 Å². The number of carbonyl (C=O) groups is 2. The van der Waals surface area contributed by atoms with Gasteiger partial charge in [0.15, 0.2) is 0 Å². The average molecular weight is 699 g/mol. The Labute approximate surface area is 291 Å². The van der Waals surface area contributed by atoms with Crippen molar-refractivity contribution in [2.45, 2.75) is 27.7 Å². The highest BCUT2D eigenvalue weighted by Crippen LogP contribution is 2.23. The SMILES string of the molecule is C=CN/N=C(\C)c1cc(NC(=O)c2ccc(C(=O)Nc3cc(/C(C)=N/NC(=N)N)cc(/C(C)=N/NC(=N)N)c3)s2)cc(/C(C)=N/NC(=N)N)c1. The summed E-state index contributed by atoms with van der Waals surface area (Å²) >= 11 is 0.992. The van der Waals surface area contributed by atoms with E-state index in [2.05, 4.69) is 59.3 Å². The van der Waals surface area contributed by atoms with Crippen LogP contribution in [0.25, 0.3) is 0 Å². The Morgan fingerprint density at radius 3 is 1.24 bits per heavy atom. The molecule has 18 nitrogen and oxygen atoms in total. The predicted octanol–water partition coefficient (Wildman–Crippen LogP) is 2.33. The lowest BCUT2D eigenvalue weighted by molar-refractivity contribution is 0.102. The van der Waals surface area contributed by atoms with Crippen molar-refractivity contribution in [3.8, 4) is 0 Å². The van der Waals surface area contributed by atoms with E-state index < -0.39 is 11.8 Å². The minimum Gasteiger partial charge on any atom is -0.369 e. The molecule has 50 heavy (non-hydrogen) atoms. The van der Waals surface area contributed by atoms with Gasteiger partial charge in [0, 0.05) is 39.8 Å². The largest absolute Gasteiger partial charge is 0.369 e. The molecular formula is C31H38N16O2S. The number of guanidine groups is 3. The quantitative estimate of drug-likeness (QED) is 0.0707. The lowest BCUT2D eigenvalue weighted by Gasteiger charge is -2.12. The molecule has 0 spiro atoms. The zero-order valence-corrected chi connectivity index (χ0v) is 28.5. The summed E-state index contributed by atoms with van der Waals surface area (Å²) in [6.45, 7) is 10.5. The zero-order valence-electron chi connectivity index (χ0n) is 27.6. The Hall–Kier alpha value is -6.89. The summed E-state index contributed by atoms with van der Waals surface area (Å²) in [5.74, 6) is -1.95. The molecule has 3 aromatic rings. The average Bonchev–Trinajstić information content (AvgIpc) is 3.58. The lowest BCUT2D eigenvalue weighted by atomic mass is 10.0. The van der Waals surface area contributed by atoms with Crippen molar-refractivity contribution in [3.05, 3.63) is 93.3 Å². The van der Waals surface area contributed by atoms with Crippen LogP contribution >= 0.6 is 11.3 Å². The van der Waals surface area contributed by atoms with Gasteiger partial charge in [0.05, 0.1) is 32.6 Å². The van der Waals surface area contributed by atoms with Crippen molar-refractivity contribution in [2.75, 3.05) is 10.6 Å². The van der Waals surface area contributed by atoms with Gasteiger partial charge in [0.2, 0.25) is 17.9 Å². The molecule has 0 aliphatic heterocycles. The van der Waals surface area contributed by atoms with Crippen LogP contribution in [0.2, 0.25) is 0 Å². The fourth-order valence-corrected chi connectivity index (χ4v) is 4.83. The zero-order chi connectivity index (χ0) is 37.0. The maximum absolute atomic E-state index is 13.4. The van der Waals surface area contributed by atoms with E-state index in [0.717, 1.165) is 11.3 Å². The van der Waals surface area contributed by atoms with E-state index in [9.17, 15) is 9.59 Å². The molecule has 0 fully saturated rings. The van der Waals surface area contributed by atoms with E-state index in [1.807, 2.05) is 6.07 Å². The highest BCUT2D eigenvalue weighted by atomic mass is 32.1. The van der Waals surface area contributed by atoms with E-state index in [4.69, 9.17) is 33.4 Å². The molecule has 15 N–H and O–H groups in total. The van der Waals surface area contributed by atoms with Crippen LogP contribution in [-0.2, 0) is 0 Å². The second kappa shape index (κ2) is 17.3. The molecule has 260 valence electrons. The van der Waals surface area contributed by atoms with Gasteiger partial charge in [0.25, 0.3) is 11.8 Å². The first-order valence-electron chi connectivity index (χ1n) is 14.5. The highest BCUT2D eigenvalue weighted by molar-refractivity contribution is 7.16. The van der Waals surface area contributed by atoms with Crippen LogP contribution in [0.5, 0.6) is 0 Å². The van der Waals surface area contributed by atoms with Gasteiger partial charge >= 0.3 is 0 Å². The van der Waals surface area contributed by atoms with E-state index >= 15 is 0 Å². The minimum absolute atomic E-state index is 0.264. The van der Waals surface area contributed by atoms with E-state index in [-0.39, 0.29) is 27.6 Å². The van der Waals surface area contributed by atoms with Gasteiger partial charge in [-0.15, -0.1) is 11.3 Å². The van der Waals surface area contributed by atoms with Crippen LogP contribution in [0.4, 0.5) is 11.4 Å². The number of anilines is 2. The third kappa shape index (κ3) is 11.1. The number of nitrogens with zero attached hydrogens (tertiary/aromatic N) is 4. The van der Waals surface area contributed by atoms with Crippen molar-refractivity contribution in [2.24, 2.45) is 37.6 Å². The third-order valence-electron chi connectivity index (χ3n) is 6.46. The van der Waals surface area contributed by atoms with E-state index in [1.54, 1.807) is 64.1 Å². The normalized spacial score (nSPS) is 12.0. The van der Waals surface area contributed by atoms with Crippen molar-refractivity contribution in [3.63, 3.8) is 0 Å². The summed E-state index contributed by atoms with van der Waals surface area (Å²) in [6.07, 6.45) is 1.42. The number of thiophene rings is 1. The summed E-state index contributed by atoms with van der Waals surface area (Å²) in [7, 11) is 0. The summed E-state index contributed by atoms with van der Waals surface area (Å²) in [5.41, 5.74) is 31.3. The van der Waals surface area contributed by atoms with E-state index in [1.165, 1.54) is 12.3 Å². The maximum atomic E-state index is 13.4. The minimum atomic E-state index is -0.472. The Bertz CT molecular complexity index is 1910. The predicted molar refractivity (Wildman–Crippen MR) is 200 cm³/mol. The Morgan fingerprint density at radius 1 is 0.620 bits per heavy atom. The van der Waals surface area contributed by atoms with Crippen LogP contribution < -0.4 is 49.5 Å². The molecule has 1 aromatic heterocycles. The Kier molecular flexibility index (Phi) is 13.0. The molecule has 1 heterocycles. The molecule has 2 amide bonds. The smallest absolute Gasteiger partial charge is 0.265 e. The number of amides is 2. The number of hydrogen-bond donors (Lipinski definition) is 12. The molecule has 0 saturated carbocycles. The molecule has 0 radical (unpaired) electrons. The first-order chi connectivity index (χ1) is 23.7. The monoisotopic (exact) mass is 698 g/mol. The molecule has 3 rings (SSSR count). The molecule has 0 atom stereocenters. The van der Waals surface area contributed by atoms with Gasteiger partial charge in [-0.25, -0.2) is 16.3 Å². The summed E-state index contributed by atoms with van der Waals surface area (Å²) < 4.78 is 0. The molecule has 0 saturated heterocycles. The molecule has 0 aliphatic rings. The number of rotatable bonds is 13. The number of carbonyl (C=O) groups excluding carboxylic acids is 2. The van der Waals surface area contributed by atoms with Crippen LogP contribution in [-0.4, -0.2) is 52.5 Å². The van der Waals surface area contributed by atoms with Gasteiger partial charge < -0.3 is 27.8 Å². The number of benzene rings is 2. The van der Waals surface area contributed by atoms with Crippen molar-refractivity contribution >= 4 is 75.3 Å². The number of nitrogens with one attached hydrogen (secondary N) is 9. The second-order valence-electron chi connectivity index (χ2n) is 10.4. The third-order valence-corrected chi connectivity index (χ3v) is 7.54. The Morgan fingerprint density at radius 2 is 0.940 bits per heavy atom. The van der Waals surface area contributed by atoms with Crippen molar-refractivity contribution in [1.82, 2.24) is 21.7 Å². The molecule has 0 unspecified atom stereocenters. The van der Waals surface area contributed by atoms with Crippen LogP contribution in [0.3, 0.4) is 0 Å². The van der Waals surface area contributed by atoms with Gasteiger partial charge in [-0.05, 0) is 76.2 Å². The van der Waals surface area contributed by atoms with Crippen molar-refractivity contribution in [1.29, 1.82) is 16.2 Å². The summed E-state index contributed by atoms with van der Waals surface area (Å²) in [5, 5.41) is 44.3. The topological polar surface area (TPSA) is 305 Å². The van der Waals surface area contributed by atoms with Crippen LogP contribution in [0.15, 0.2) is 81.7 Å². The molecule has 19 heteroatoms. The first-order valence-corrected chi connectivity index (χ1v) is 15.4. The van der Waals surface area contributed by atoms with Crippen LogP contribution in [0.1, 0.15) is 69.3 Å². The second-order valence-corrected chi connectivity index (χ2v) is 11.5. The van der Waals surface area contributed by atoms with Gasteiger partial charge in [0.1, 0.15) is 0 Å². The number of nitrogens with two attached hydrogens (primary N) is 3. The van der Waals surface area contributed by atoms with E-state index in [0.29, 0.717) is 56.5 Å². The van der Waals surface area contributed by atoms with Gasteiger partial charge in [-0.3, -0.25) is 31.2 Å². The molecule has 0 aliphatic carbocycles. The number of hydrogen-bond acceptors (Lipinski definition) is 11. The standard InChI is InChI=1S/C31H38N16O2S/c1-6-38-41-15(2)19-9-20(16(3)42-45-29(32)33)12-23(11-19)39-27(48)25-7-8-26(50-25)28(49)40-24-13-21(17(4)43-46-30(34)35)10-22(14-24)18(5)44-47-31(36)37/h6-14,38H,1H2,2-5H3,(H,39,48)(H,40,49)(H4,32,33,45)(H4,34,35,46)(H4,36,37,47)/b41-15+,42-16+,43-17+,44-18+. The lowest BCUT2D eigenvalue weighted by Crippen LogP contribution is -2.27. The molecule has 0 bridgehead atoms. The summed E-state index contributed by atoms with van der Waals surface area (Å²) in [6, 6.07) is 13.4. The number of hydrazone groups is 4. The first kappa shape index (κ1) is 37.6. The van der Waals surface area contributed by atoms with Gasteiger partial charge in [-0.1, -0.05) is 6.58 Å². The fraction of sp³-hybridized carbons (Fsp3) is 0.129. The molecular weight excluding hydrogens is 661 g/mol. The summed E-state index contributed by atoms with van der Waals surface area (Å²) in [4.78, 5) is 27.3. The highest BCUT2D eigenvalue weighted by Gasteiger charge is 2.17. The van der Waals surface area contributed by atoms with Crippen LogP contribution in [0, 0.1) is 16.2 Å². The maximum Gasteiger partial charge on any atom is 0.265 e.